The topological polar surface area (TPSA) is 116 Å². The Morgan fingerprint density at radius 3 is 2.68 bits per heavy atom. The highest BCUT2D eigenvalue weighted by Crippen LogP contribution is 2.36. The first kappa shape index (κ1) is 23.3. The number of anilines is 1. The Bertz CT molecular complexity index is 1360. The predicted molar refractivity (Wildman–Crippen MR) is 122 cm³/mol. The molecule has 34 heavy (non-hydrogen) atoms. The summed E-state index contributed by atoms with van der Waals surface area (Å²) in [5.74, 6) is -2.35. The van der Waals surface area contributed by atoms with Gasteiger partial charge in [-0.25, -0.2) is 8.78 Å². The van der Waals surface area contributed by atoms with Crippen LogP contribution in [0.1, 0.15) is 0 Å². The third kappa shape index (κ3) is 4.61. The zero-order valence-corrected chi connectivity index (χ0v) is 18.8. The predicted octanol–water partition coefficient (Wildman–Crippen LogP) is 3.60. The number of amides is 1. The Morgan fingerprint density at radius 1 is 1.24 bits per heavy atom. The molecular formula is C22H19ClF2N6O3. The summed E-state index contributed by atoms with van der Waals surface area (Å²) in [5, 5.41) is 20.5. The van der Waals surface area contributed by atoms with E-state index < -0.39 is 30.2 Å². The molecule has 0 spiro atoms. The highest BCUT2D eigenvalue weighted by Gasteiger charge is 2.25. The fraction of sp³-hybridized carbons (Fsp3) is 0.182. The van der Waals surface area contributed by atoms with Gasteiger partial charge in [0.1, 0.15) is 23.4 Å². The number of rotatable bonds is 7. The van der Waals surface area contributed by atoms with Gasteiger partial charge in [0.05, 0.1) is 17.0 Å². The molecule has 2 aromatic heterocycles. The lowest BCUT2D eigenvalue weighted by atomic mass is 10.1. The monoisotopic (exact) mass is 488 g/mol. The van der Waals surface area contributed by atoms with Gasteiger partial charge >= 0.3 is 6.01 Å². The number of H-pyrrole nitrogens is 1. The SMILES string of the molecule is CN(C)C(=O)[C@H](CO)Nc1nc(Oc2ccc(F)cc2F)nc2[nH]nc(-c3ccccc3Cl)c12. The van der Waals surface area contributed by atoms with Gasteiger partial charge in [0, 0.05) is 25.7 Å². The molecule has 4 aromatic rings. The van der Waals surface area contributed by atoms with Crippen molar-refractivity contribution in [3.63, 3.8) is 0 Å². The van der Waals surface area contributed by atoms with Crippen LogP contribution in [0.5, 0.6) is 11.8 Å². The van der Waals surface area contributed by atoms with Crippen LogP contribution in [0.2, 0.25) is 5.02 Å². The molecule has 4 rings (SSSR count). The number of fused-ring (bicyclic) bond motifs is 1. The molecule has 1 amide bonds. The van der Waals surface area contributed by atoms with Gasteiger partial charge in [0.25, 0.3) is 0 Å². The van der Waals surface area contributed by atoms with Gasteiger partial charge in [-0.1, -0.05) is 29.8 Å². The molecule has 12 heteroatoms. The average molecular weight is 489 g/mol. The van der Waals surface area contributed by atoms with Crippen LogP contribution in [0.3, 0.4) is 0 Å². The Balaban J connectivity index is 1.85. The van der Waals surface area contributed by atoms with Crippen LogP contribution in [0.15, 0.2) is 42.5 Å². The Labute approximate surface area is 197 Å². The maximum absolute atomic E-state index is 14.1. The number of aromatic nitrogens is 4. The summed E-state index contributed by atoms with van der Waals surface area (Å²) in [4.78, 5) is 22.3. The first-order chi connectivity index (χ1) is 16.3. The number of aliphatic hydroxyl groups is 1. The number of nitrogens with one attached hydrogen (secondary N) is 2. The Morgan fingerprint density at radius 2 is 2.00 bits per heavy atom. The second-order valence-corrected chi connectivity index (χ2v) is 7.83. The first-order valence-electron chi connectivity index (χ1n) is 10.0. The van der Waals surface area contributed by atoms with E-state index in [2.05, 4.69) is 25.5 Å². The Kier molecular flexibility index (Phi) is 6.57. The van der Waals surface area contributed by atoms with Crippen molar-refractivity contribution in [2.45, 2.75) is 6.04 Å². The van der Waals surface area contributed by atoms with Gasteiger partial charge in [-0.15, -0.1) is 0 Å². The number of aromatic amines is 1. The van der Waals surface area contributed by atoms with E-state index in [1.807, 2.05) is 0 Å². The molecule has 0 saturated carbocycles. The zero-order chi connectivity index (χ0) is 24.4. The maximum Gasteiger partial charge on any atom is 0.326 e. The third-order valence-corrected chi connectivity index (χ3v) is 5.19. The average Bonchev–Trinajstić information content (AvgIpc) is 3.23. The molecule has 0 unspecified atom stereocenters. The molecule has 9 nitrogen and oxygen atoms in total. The first-order valence-corrected chi connectivity index (χ1v) is 10.4. The van der Waals surface area contributed by atoms with Crippen molar-refractivity contribution in [2.75, 3.05) is 26.0 Å². The molecule has 3 N–H and O–H groups in total. The number of hydrogen-bond acceptors (Lipinski definition) is 7. The number of carbonyl (C=O) groups excluding carboxylic acids is 1. The van der Waals surface area contributed by atoms with E-state index in [1.54, 1.807) is 38.4 Å². The van der Waals surface area contributed by atoms with Gasteiger partial charge in [-0.3, -0.25) is 9.89 Å². The minimum atomic E-state index is -1.06. The van der Waals surface area contributed by atoms with Crippen LogP contribution in [-0.2, 0) is 4.79 Å². The normalized spacial score (nSPS) is 11.9. The largest absolute Gasteiger partial charge is 0.421 e. The summed E-state index contributed by atoms with van der Waals surface area (Å²) in [6.07, 6.45) is 0. The van der Waals surface area contributed by atoms with Crippen molar-refractivity contribution in [1.82, 2.24) is 25.1 Å². The Hall–Kier alpha value is -3.83. The van der Waals surface area contributed by atoms with E-state index in [0.29, 0.717) is 27.7 Å². The van der Waals surface area contributed by atoms with E-state index in [-0.39, 0.29) is 23.2 Å². The van der Waals surface area contributed by atoms with Gasteiger partial charge in [-0.05, 0) is 18.2 Å². The minimum Gasteiger partial charge on any atom is -0.421 e. The molecule has 1 atom stereocenters. The van der Waals surface area contributed by atoms with E-state index in [0.717, 1.165) is 12.1 Å². The number of hydrogen-bond donors (Lipinski definition) is 3. The van der Waals surface area contributed by atoms with E-state index in [9.17, 15) is 18.7 Å². The van der Waals surface area contributed by atoms with Crippen LogP contribution in [0.4, 0.5) is 14.6 Å². The van der Waals surface area contributed by atoms with Crippen LogP contribution in [0, 0.1) is 11.6 Å². The number of halogens is 3. The van der Waals surface area contributed by atoms with Crippen LogP contribution < -0.4 is 10.1 Å². The fourth-order valence-corrected chi connectivity index (χ4v) is 3.45. The number of carbonyl (C=O) groups is 1. The van der Waals surface area contributed by atoms with Crippen LogP contribution in [0.25, 0.3) is 22.3 Å². The summed E-state index contributed by atoms with van der Waals surface area (Å²) in [7, 11) is 3.09. The highest BCUT2D eigenvalue weighted by molar-refractivity contribution is 6.33. The smallest absolute Gasteiger partial charge is 0.326 e. The second kappa shape index (κ2) is 9.57. The maximum atomic E-state index is 14.1. The fourth-order valence-electron chi connectivity index (χ4n) is 3.23. The lowest BCUT2D eigenvalue weighted by Gasteiger charge is -2.21. The van der Waals surface area contributed by atoms with Gasteiger partial charge in [-0.2, -0.15) is 15.1 Å². The molecule has 0 aliphatic rings. The molecule has 0 saturated heterocycles. The quantitative estimate of drug-likeness (QED) is 0.364. The highest BCUT2D eigenvalue weighted by atomic mass is 35.5. The molecule has 0 bridgehead atoms. The molecular weight excluding hydrogens is 470 g/mol. The summed E-state index contributed by atoms with van der Waals surface area (Å²) in [6.45, 7) is -0.537. The molecule has 2 heterocycles. The lowest BCUT2D eigenvalue weighted by molar-refractivity contribution is -0.130. The van der Waals surface area contributed by atoms with Crippen LogP contribution in [-0.4, -0.2) is 62.8 Å². The van der Waals surface area contributed by atoms with Gasteiger partial charge < -0.3 is 20.1 Å². The summed E-state index contributed by atoms with van der Waals surface area (Å²) < 4.78 is 32.8. The van der Waals surface area contributed by atoms with Crippen molar-refractivity contribution < 1.29 is 23.4 Å². The molecule has 0 aliphatic carbocycles. The minimum absolute atomic E-state index is 0.0837. The number of ether oxygens (including phenoxy) is 1. The lowest BCUT2D eigenvalue weighted by Crippen LogP contribution is -2.41. The second-order valence-electron chi connectivity index (χ2n) is 7.42. The molecule has 0 radical (unpaired) electrons. The van der Waals surface area contributed by atoms with E-state index in [4.69, 9.17) is 16.3 Å². The molecule has 0 fully saturated rings. The summed E-state index contributed by atoms with van der Waals surface area (Å²) in [5.41, 5.74) is 1.15. The van der Waals surface area contributed by atoms with E-state index in [1.165, 1.54) is 4.90 Å². The van der Waals surface area contributed by atoms with Gasteiger partial charge in [0.15, 0.2) is 17.2 Å². The summed E-state index contributed by atoms with van der Waals surface area (Å²) in [6, 6.07) is 8.39. The summed E-state index contributed by atoms with van der Waals surface area (Å²) >= 11 is 6.35. The number of likely N-dealkylation sites (N-methyl/N-ethyl adjacent to an activating group) is 1. The van der Waals surface area contributed by atoms with Crippen molar-refractivity contribution in [3.05, 3.63) is 59.1 Å². The number of aliphatic hydroxyl groups excluding tert-OH is 1. The number of benzene rings is 2. The zero-order valence-electron chi connectivity index (χ0n) is 18.0. The van der Waals surface area contributed by atoms with Gasteiger partial charge in [0.2, 0.25) is 5.91 Å². The molecule has 0 aliphatic heterocycles. The molecule has 2 aromatic carbocycles. The third-order valence-electron chi connectivity index (χ3n) is 4.86. The van der Waals surface area contributed by atoms with Crippen molar-refractivity contribution in [1.29, 1.82) is 0 Å². The van der Waals surface area contributed by atoms with Crippen molar-refractivity contribution in [2.24, 2.45) is 0 Å². The van der Waals surface area contributed by atoms with Crippen molar-refractivity contribution >= 4 is 34.4 Å². The van der Waals surface area contributed by atoms with E-state index >= 15 is 0 Å². The number of nitrogens with zero attached hydrogens (tertiary/aromatic N) is 4. The van der Waals surface area contributed by atoms with Crippen LogP contribution >= 0.6 is 11.6 Å². The van der Waals surface area contributed by atoms with Crippen molar-refractivity contribution in [3.8, 4) is 23.0 Å². The standard InChI is InChI=1S/C22H19ClF2N6O3/c1-31(2)21(33)15(10-32)26-19-17-18(12-5-3-4-6-13(12)23)29-30-20(17)28-22(27-19)34-16-8-7-11(24)9-14(16)25/h3-9,15,32H,10H2,1-2H3,(H2,26,27,28,29,30)/t15-/m0/s1. The molecule has 176 valence electrons.